The van der Waals surface area contributed by atoms with Crippen molar-refractivity contribution in [1.82, 2.24) is 5.32 Å². The Bertz CT molecular complexity index is 393. The molecule has 1 aromatic carbocycles. The molecule has 1 aromatic rings. The molecule has 0 aliphatic heterocycles. The van der Waals surface area contributed by atoms with E-state index >= 15 is 0 Å². The fraction of sp³-hybridized carbons (Fsp3) is 0.538. The molecule has 1 unspecified atom stereocenters. The second-order valence-electron chi connectivity index (χ2n) is 4.17. The van der Waals surface area contributed by atoms with Crippen LogP contribution < -0.4 is 15.8 Å². The van der Waals surface area contributed by atoms with Crippen LogP contribution in [0.4, 0.5) is 0 Å². The maximum absolute atomic E-state index is 6.30. The smallest absolute Gasteiger partial charge is 0.124 e. The van der Waals surface area contributed by atoms with Crippen molar-refractivity contribution in [2.75, 3.05) is 20.7 Å². The summed E-state index contributed by atoms with van der Waals surface area (Å²) in [5.41, 5.74) is 8.85. The van der Waals surface area contributed by atoms with Crippen molar-refractivity contribution in [1.29, 1.82) is 0 Å². The Labute approximate surface area is 108 Å². The van der Waals surface area contributed by atoms with E-state index in [9.17, 15) is 0 Å². The van der Waals surface area contributed by atoms with Crippen LogP contribution in [0.1, 0.15) is 29.2 Å². The molecule has 0 spiro atoms. The highest BCUT2D eigenvalue weighted by molar-refractivity contribution is 6.32. The van der Waals surface area contributed by atoms with Gasteiger partial charge in [-0.1, -0.05) is 11.6 Å². The number of hydrogen-bond acceptors (Lipinski definition) is 3. The topological polar surface area (TPSA) is 47.3 Å². The Morgan fingerprint density at radius 2 is 2.12 bits per heavy atom. The van der Waals surface area contributed by atoms with Gasteiger partial charge in [-0.05, 0) is 51.1 Å². The van der Waals surface area contributed by atoms with Gasteiger partial charge in [0.1, 0.15) is 5.75 Å². The van der Waals surface area contributed by atoms with Gasteiger partial charge in [-0.15, -0.1) is 0 Å². The van der Waals surface area contributed by atoms with Crippen molar-refractivity contribution in [3.63, 3.8) is 0 Å². The summed E-state index contributed by atoms with van der Waals surface area (Å²) in [6, 6.07) is 2.15. The molecule has 1 rings (SSSR count). The Kier molecular flexibility index (Phi) is 5.25. The Hall–Kier alpha value is -0.770. The van der Waals surface area contributed by atoms with Gasteiger partial charge in [-0.3, -0.25) is 0 Å². The Morgan fingerprint density at radius 1 is 1.47 bits per heavy atom. The highest BCUT2D eigenvalue weighted by Gasteiger charge is 2.19. The lowest BCUT2D eigenvalue weighted by atomic mass is 9.95. The normalized spacial score (nSPS) is 12.6. The first-order chi connectivity index (χ1) is 8.06. The molecule has 0 heterocycles. The summed E-state index contributed by atoms with van der Waals surface area (Å²) in [5, 5.41) is 4.07. The second-order valence-corrected chi connectivity index (χ2v) is 4.54. The lowest BCUT2D eigenvalue weighted by Gasteiger charge is -2.22. The van der Waals surface area contributed by atoms with Crippen molar-refractivity contribution in [2.45, 2.75) is 26.3 Å². The molecule has 96 valence electrons. The van der Waals surface area contributed by atoms with Gasteiger partial charge in [0.25, 0.3) is 0 Å². The summed E-state index contributed by atoms with van der Waals surface area (Å²) < 4.78 is 5.45. The van der Waals surface area contributed by atoms with Crippen LogP contribution in [0.25, 0.3) is 0 Å². The van der Waals surface area contributed by atoms with E-state index < -0.39 is 0 Å². The lowest BCUT2D eigenvalue weighted by Crippen LogP contribution is -2.21. The number of methoxy groups -OCH3 is 1. The summed E-state index contributed by atoms with van der Waals surface area (Å²) >= 11 is 6.30. The first kappa shape index (κ1) is 14.3. The maximum atomic E-state index is 6.30. The van der Waals surface area contributed by atoms with E-state index in [4.69, 9.17) is 22.1 Å². The van der Waals surface area contributed by atoms with Crippen molar-refractivity contribution in [2.24, 2.45) is 5.73 Å². The van der Waals surface area contributed by atoms with Gasteiger partial charge in [0.2, 0.25) is 0 Å². The number of hydrogen-bond donors (Lipinski definition) is 2. The van der Waals surface area contributed by atoms with Crippen LogP contribution in [-0.2, 0) is 0 Å². The quantitative estimate of drug-likeness (QED) is 0.851. The van der Waals surface area contributed by atoms with Gasteiger partial charge >= 0.3 is 0 Å². The number of ether oxygens (including phenoxy) is 1. The zero-order valence-electron chi connectivity index (χ0n) is 10.9. The fourth-order valence-electron chi connectivity index (χ4n) is 2.14. The fourth-order valence-corrected chi connectivity index (χ4v) is 2.29. The number of benzene rings is 1. The van der Waals surface area contributed by atoms with Crippen LogP contribution in [0, 0.1) is 13.8 Å². The van der Waals surface area contributed by atoms with Crippen molar-refractivity contribution in [3.05, 3.63) is 27.8 Å². The van der Waals surface area contributed by atoms with Gasteiger partial charge in [0.15, 0.2) is 0 Å². The van der Waals surface area contributed by atoms with E-state index in [0.717, 1.165) is 33.9 Å². The number of halogens is 1. The van der Waals surface area contributed by atoms with E-state index in [2.05, 4.69) is 5.32 Å². The minimum Gasteiger partial charge on any atom is -0.496 e. The van der Waals surface area contributed by atoms with Gasteiger partial charge < -0.3 is 15.8 Å². The molecule has 0 saturated carbocycles. The number of aryl methyl sites for hydroxylation is 1. The van der Waals surface area contributed by atoms with E-state index in [1.54, 1.807) is 7.11 Å². The van der Waals surface area contributed by atoms with E-state index in [0.29, 0.717) is 6.54 Å². The molecule has 4 heteroatoms. The Morgan fingerprint density at radius 3 is 2.59 bits per heavy atom. The van der Waals surface area contributed by atoms with Gasteiger partial charge in [0, 0.05) is 16.6 Å². The second kappa shape index (κ2) is 6.24. The van der Waals surface area contributed by atoms with Crippen LogP contribution >= 0.6 is 11.6 Å². The summed E-state index contributed by atoms with van der Waals surface area (Å²) in [4.78, 5) is 0. The molecule has 0 aromatic heterocycles. The third kappa shape index (κ3) is 2.92. The number of rotatable bonds is 5. The average molecular weight is 257 g/mol. The highest BCUT2D eigenvalue weighted by atomic mass is 35.5. The molecule has 17 heavy (non-hydrogen) atoms. The predicted molar refractivity (Wildman–Crippen MR) is 73.0 cm³/mol. The van der Waals surface area contributed by atoms with Crippen LogP contribution in [0.15, 0.2) is 6.07 Å². The number of nitrogens with two attached hydrogens (primary N) is 1. The van der Waals surface area contributed by atoms with E-state index in [-0.39, 0.29) is 6.04 Å². The number of nitrogens with one attached hydrogen (secondary N) is 1. The molecule has 3 nitrogen and oxygen atoms in total. The summed E-state index contributed by atoms with van der Waals surface area (Å²) in [6.07, 6.45) is 0.854. The maximum Gasteiger partial charge on any atom is 0.124 e. The van der Waals surface area contributed by atoms with Crippen molar-refractivity contribution in [3.8, 4) is 5.75 Å². The monoisotopic (exact) mass is 256 g/mol. The molecule has 0 fully saturated rings. The SMILES string of the molecule is CNC(CCN)c1c(OC)cc(C)c(Cl)c1C. The molecule has 0 radical (unpaired) electrons. The van der Waals surface area contributed by atoms with E-state index in [1.165, 1.54) is 0 Å². The van der Waals surface area contributed by atoms with Gasteiger partial charge in [-0.2, -0.15) is 0 Å². The zero-order chi connectivity index (χ0) is 13.0. The summed E-state index contributed by atoms with van der Waals surface area (Å²) in [7, 11) is 3.60. The molecule has 0 amide bonds. The van der Waals surface area contributed by atoms with Crippen LogP contribution in [0.2, 0.25) is 5.02 Å². The van der Waals surface area contributed by atoms with E-state index in [1.807, 2.05) is 27.0 Å². The summed E-state index contributed by atoms with van der Waals surface area (Å²) in [6.45, 7) is 4.63. The molecular formula is C13H21ClN2O. The lowest BCUT2D eigenvalue weighted by molar-refractivity contribution is 0.398. The molecule has 0 aliphatic carbocycles. The third-order valence-electron chi connectivity index (χ3n) is 3.06. The first-order valence-electron chi connectivity index (χ1n) is 5.77. The van der Waals surface area contributed by atoms with Crippen molar-refractivity contribution < 1.29 is 4.74 Å². The largest absolute Gasteiger partial charge is 0.496 e. The van der Waals surface area contributed by atoms with Crippen LogP contribution in [-0.4, -0.2) is 20.7 Å². The molecule has 3 N–H and O–H groups in total. The zero-order valence-corrected chi connectivity index (χ0v) is 11.7. The molecular weight excluding hydrogens is 236 g/mol. The third-order valence-corrected chi connectivity index (χ3v) is 3.65. The van der Waals surface area contributed by atoms with Gasteiger partial charge in [-0.25, -0.2) is 0 Å². The highest BCUT2D eigenvalue weighted by Crippen LogP contribution is 2.36. The Balaban J connectivity index is 3.33. The van der Waals surface area contributed by atoms with Crippen molar-refractivity contribution >= 4 is 11.6 Å². The predicted octanol–water partition coefficient (Wildman–Crippen LogP) is 2.57. The van der Waals surface area contributed by atoms with Crippen LogP contribution in [0.5, 0.6) is 5.75 Å². The summed E-state index contributed by atoms with van der Waals surface area (Å²) in [5.74, 6) is 0.872. The molecule has 0 saturated heterocycles. The average Bonchev–Trinajstić information content (AvgIpc) is 2.33. The molecule has 0 aliphatic rings. The molecule has 0 bridgehead atoms. The van der Waals surface area contributed by atoms with Crippen LogP contribution in [0.3, 0.4) is 0 Å². The molecule has 1 atom stereocenters. The minimum atomic E-state index is 0.174. The minimum absolute atomic E-state index is 0.174. The first-order valence-corrected chi connectivity index (χ1v) is 6.15. The van der Waals surface area contributed by atoms with Gasteiger partial charge in [0.05, 0.1) is 7.11 Å². The standard InChI is InChI=1S/C13H21ClN2O/c1-8-7-11(17-4)12(9(2)13(8)14)10(16-3)5-6-15/h7,10,16H,5-6,15H2,1-4H3.